The molecule has 0 atom stereocenters. The summed E-state index contributed by atoms with van der Waals surface area (Å²) in [5.74, 6) is -0.333. The molecule has 3 heterocycles. The quantitative estimate of drug-likeness (QED) is 0.538. The Morgan fingerprint density at radius 2 is 1.65 bits per heavy atom. The van der Waals surface area contributed by atoms with E-state index in [2.05, 4.69) is 15.1 Å². The molecular weight excluding hydrogens is 397 g/mol. The van der Waals surface area contributed by atoms with Crippen LogP contribution in [-0.2, 0) is 11.3 Å². The van der Waals surface area contributed by atoms with Crippen molar-refractivity contribution in [2.45, 2.75) is 6.54 Å². The summed E-state index contributed by atoms with van der Waals surface area (Å²) in [5.41, 5.74) is 2.65. The number of ether oxygens (including phenoxy) is 1. The second-order valence-corrected chi connectivity index (χ2v) is 7.52. The lowest BCUT2D eigenvalue weighted by Crippen LogP contribution is -2.38. The minimum absolute atomic E-state index is 0.197. The predicted molar refractivity (Wildman–Crippen MR) is 116 cm³/mol. The molecule has 2 aromatic carbocycles. The monoisotopic (exact) mass is 419 g/mol. The molecule has 1 N–H and O–H groups in total. The Morgan fingerprint density at radius 3 is 2.39 bits per heavy atom. The van der Waals surface area contributed by atoms with Gasteiger partial charge in [-0.2, -0.15) is 10.2 Å². The second-order valence-electron chi connectivity index (χ2n) is 7.52. The first-order valence-electron chi connectivity index (χ1n) is 10.3. The lowest BCUT2D eigenvalue weighted by molar-refractivity contribution is 0.0361. The molecule has 4 aromatic rings. The molecule has 0 bridgehead atoms. The zero-order chi connectivity index (χ0) is 21.2. The lowest BCUT2D eigenvalue weighted by atomic mass is 10.1. The number of hydrogen-bond donors (Lipinski definition) is 1. The molecule has 31 heavy (non-hydrogen) atoms. The van der Waals surface area contributed by atoms with Gasteiger partial charge in [0.2, 0.25) is 5.43 Å². The molecule has 5 rings (SSSR count). The van der Waals surface area contributed by atoms with Crippen molar-refractivity contribution < 1.29 is 9.13 Å². The standard InChI is InChI=1S/C23H22FN5O2/c24-18-8-6-17(7-9-18)20-19-22(30)21(16-4-2-1-3-5-16)25-26-23(19)29(27-20)11-10-28-12-14-31-15-13-28/h1-9H,10-15H2,(H,26,30). The van der Waals surface area contributed by atoms with Crippen molar-refractivity contribution in [2.24, 2.45) is 0 Å². The van der Waals surface area contributed by atoms with E-state index in [4.69, 9.17) is 9.84 Å². The zero-order valence-electron chi connectivity index (χ0n) is 16.9. The Kier molecular flexibility index (Phi) is 5.31. The maximum Gasteiger partial charge on any atom is 0.219 e. The number of morpholine rings is 1. The van der Waals surface area contributed by atoms with Gasteiger partial charge in [-0.25, -0.2) is 9.07 Å². The number of benzene rings is 2. The van der Waals surface area contributed by atoms with E-state index in [1.807, 2.05) is 30.3 Å². The van der Waals surface area contributed by atoms with Gasteiger partial charge in [0.25, 0.3) is 0 Å². The molecule has 0 spiro atoms. The third-order valence-corrected chi connectivity index (χ3v) is 5.56. The molecule has 1 saturated heterocycles. The molecular formula is C23H22FN5O2. The first-order chi connectivity index (χ1) is 15.2. The van der Waals surface area contributed by atoms with Crippen molar-refractivity contribution in [3.63, 3.8) is 0 Å². The van der Waals surface area contributed by atoms with Gasteiger partial charge in [0, 0.05) is 30.8 Å². The zero-order valence-corrected chi connectivity index (χ0v) is 16.9. The maximum absolute atomic E-state index is 13.5. The van der Waals surface area contributed by atoms with Crippen molar-refractivity contribution in [3.05, 3.63) is 70.6 Å². The first-order valence-corrected chi connectivity index (χ1v) is 10.3. The molecule has 158 valence electrons. The van der Waals surface area contributed by atoms with Crippen molar-refractivity contribution in [2.75, 3.05) is 32.8 Å². The largest absolute Gasteiger partial charge is 0.379 e. The number of H-pyrrole nitrogens is 1. The van der Waals surface area contributed by atoms with E-state index in [-0.39, 0.29) is 11.2 Å². The van der Waals surface area contributed by atoms with E-state index >= 15 is 0 Å². The Labute approximate surface area is 178 Å². The second kappa shape index (κ2) is 8.41. The van der Waals surface area contributed by atoms with E-state index in [0.29, 0.717) is 34.5 Å². The topological polar surface area (TPSA) is 76.0 Å². The van der Waals surface area contributed by atoms with Crippen LogP contribution < -0.4 is 5.43 Å². The van der Waals surface area contributed by atoms with Gasteiger partial charge in [-0.15, -0.1) is 0 Å². The van der Waals surface area contributed by atoms with Crippen LogP contribution in [0.2, 0.25) is 0 Å². The van der Waals surface area contributed by atoms with Gasteiger partial charge < -0.3 is 4.74 Å². The number of nitrogens with zero attached hydrogens (tertiary/aromatic N) is 4. The van der Waals surface area contributed by atoms with Gasteiger partial charge in [-0.3, -0.25) is 14.8 Å². The summed E-state index contributed by atoms with van der Waals surface area (Å²) in [7, 11) is 0. The number of halogens is 1. The number of aromatic nitrogens is 4. The van der Waals surface area contributed by atoms with Crippen LogP contribution in [-0.4, -0.2) is 57.7 Å². The molecule has 0 amide bonds. The summed E-state index contributed by atoms with van der Waals surface area (Å²) >= 11 is 0. The average Bonchev–Trinajstić information content (AvgIpc) is 3.19. The van der Waals surface area contributed by atoms with Gasteiger partial charge in [-0.1, -0.05) is 30.3 Å². The van der Waals surface area contributed by atoms with Crippen molar-refractivity contribution in [3.8, 4) is 22.5 Å². The van der Waals surface area contributed by atoms with Crippen molar-refractivity contribution in [1.82, 2.24) is 24.9 Å². The first kappa shape index (κ1) is 19.6. The Balaban J connectivity index is 1.61. The number of hydrogen-bond acceptors (Lipinski definition) is 5. The fourth-order valence-corrected chi connectivity index (χ4v) is 3.89. The van der Waals surface area contributed by atoms with E-state index in [9.17, 15) is 9.18 Å². The highest BCUT2D eigenvalue weighted by Gasteiger charge is 2.20. The van der Waals surface area contributed by atoms with E-state index in [1.165, 1.54) is 12.1 Å². The highest BCUT2D eigenvalue weighted by atomic mass is 19.1. The fraction of sp³-hybridized carbons (Fsp3) is 0.261. The normalized spacial score (nSPS) is 14.9. The Bertz CT molecular complexity index is 1240. The Morgan fingerprint density at radius 1 is 0.935 bits per heavy atom. The van der Waals surface area contributed by atoms with Gasteiger partial charge in [0.05, 0.1) is 25.1 Å². The summed E-state index contributed by atoms with van der Waals surface area (Å²) in [6.45, 7) is 4.57. The minimum Gasteiger partial charge on any atom is -0.379 e. The average molecular weight is 419 g/mol. The molecule has 0 aliphatic carbocycles. The molecule has 0 unspecified atom stereocenters. The lowest BCUT2D eigenvalue weighted by Gasteiger charge is -2.26. The number of nitrogens with one attached hydrogen (secondary N) is 1. The van der Waals surface area contributed by atoms with Crippen LogP contribution in [0.4, 0.5) is 4.39 Å². The molecule has 7 nitrogen and oxygen atoms in total. The third-order valence-electron chi connectivity index (χ3n) is 5.56. The summed E-state index contributed by atoms with van der Waals surface area (Å²) < 4.78 is 20.7. The molecule has 8 heteroatoms. The van der Waals surface area contributed by atoms with Gasteiger partial charge in [-0.05, 0) is 24.3 Å². The smallest absolute Gasteiger partial charge is 0.219 e. The molecule has 1 aliphatic rings. The predicted octanol–water partition coefficient (Wildman–Crippen LogP) is 2.92. The molecule has 2 aromatic heterocycles. The van der Waals surface area contributed by atoms with Crippen molar-refractivity contribution >= 4 is 11.0 Å². The van der Waals surface area contributed by atoms with Crippen LogP contribution in [0.1, 0.15) is 0 Å². The van der Waals surface area contributed by atoms with Crippen LogP contribution in [0.15, 0.2) is 59.4 Å². The van der Waals surface area contributed by atoms with Crippen LogP contribution in [0, 0.1) is 5.82 Å². The van der Waals surface area contributed by atoms with Crippen LogP contribution in [0.25, 0.3) is 33.5 Å². The third kappa shape index (κ3) is 3.87. The molecule has 1 aliphatic heterocycles. The summed E-state index contributed by atoms with van der Waals surface area (Å²) in [4.78, 5) is 15.8. The fourth-order valence-electron chi connectivity index (χ4n) is 3.89. The van der Waals surface area contributed by atoms with Gasteiger partial charge in [0.1, 0.15) is 17.2 Å². The minimum atomic E-state index is -0.333. The van der Waals surface area contributed by atoms with Crippen LogP contribution in [0.3, 0.4) is 0 Å². The summed E-state index contributed by atoms with van der Waals surface area (Å²) in [6, 6.07) is 15.4. The Hall–Kier alpha value is -3.36. The number of aromatic amines is 1. The molecule has 0 radical (unpaired) electrons. The van der Waals surface area contributed by atoms with Gasteiger partial charge >= 0.3 is 0 Å². The maximum atomic E-state index is 13.5. The molecule has 0 saturated carbocycles. The summed E-state index contributed by atoms with van der Waals surface area (Å²) in [6.07, 6.45) is 0. The van der Waals surface area contributed by atoms with E-state index < -0.39 is 0 Å². The highest BCUT2D eigenvalue weighted by Crippen LogP contribution is 2.26. The number of fused-ring (bicyclic) bond motifs is 1. The van der Waals surface area contributed by atoms with E-state index in [1.54, 1.807) is 16.8 Å². The number of rotatable bonds is 5. The SMILES string of the molecule is O=c1c(-c2ccccc2)n[nH]c2c1c(-c1ccc(F)cc1)nn2CCN1CCOCC1. The van der Waals surface area contributed by atoms with Gasteiger partial charge in [0.15, 0.2) is 5.65 Å². The summed E-state index contributed by atoms with van der Waals surface area (Å²) in [5, 5.41) is 12.6. The van der Waals surface area contributed by atoms with Crippen LogP contribution in [0.5, 0.6) is 0 Å². The van der Waals surface area contributed by atoms with Crippen LogP contribution >= 0.6 is 0 Å². The molecule has 1 fully saturated rings. The highest BCUT2D eigenvalue weighted by molar-refractivity contribution is 5.92. The van der Waals surface area contributed by atoms with E-state index in [0.717, 1.165) is 38.4 Å². The van der Waals surface area contributed by atoms with Crippen molar-refractivity contribution in [1.29, 1.82) is 0 Å².